The van der Waals surface area contributed by atoms with Gasteiger partial charge < -0.3 is 14.1 Å². The van der Waals surface area contributed by atoms with Gasteiger partial charge in [-0.2, -0.15) is 24.5 Å². The number of aromatic nitrogens is 2. The molecule has 1 aliphatic heterocycles. The normalized spacial score (nSPS) is 16.9. The van der Waals surface area contributed by atoms with E-state index in [4.69, 9.17) is 9.15 Å². The number of hydrogen-bond acceptors (Lipinski definition) is 6. The molecule has 0 radical (unpaired) electrons. The summed E-state index contributed by atoms with van der Waals surface area (Å²) in [5, 5.41) is 12.0. The van der Waals surface area contributed by atoms with Crippen molar-refractivity contribution < 1.29 is 27.1 Å². The van der Waals surface area contributed by atoms with Crippen LogP contribution in [0.3, 0.4) is 0 Å². The lowest BCUT2D eigenvalue weighted by Crippen LogP contribution is -2.32. The highest BCUT2D eigenvalue weighted by molar-refractivity contribution is 7.08. The van der Waals surface area contributed by atoms with Crippen LogP contribution >= 0.6 is 11.3 Å². The molecule has 1 atom stereocenters. The van der Waals surface area contributed by atoms with E-state index < -0.39 is 11.7 Å². The molecular formula is C19H16F3N3O3S. The molecule has 0 N–H and O–H groups in total. The summed E-state index contributed by atoms with van der Waals surface area (Å²) in [6.45, 7) is 0.555. The summed E-state index contributed by atoms with van der Waals surface area (Å²) >= 11 is 1.53. The quantitative estimate of drug-likeness (QED) is 0.615. The molecule has 10 heteroatoms. The number of carbonyl (C=O) groups is 1. The first-order valence-corrected chi connectivity index (χ1v) is 9.78. The van der Waals surface area contributed by atoms with Crippen LogP contribution in [-0.4, -0.2) is 40.7 Å². The van der Waals surface area contributed by atoms with E-state index in [0.29, 0.717) is 31.3 Å². The summed E-state index contributed by atoms with van der Waals surface area (Å²) < 4.78 is 49.3. The number of likely N-dealkylation sites (tertiary alicyclic amines) is 1. The highest BCUT2D eigenvalue weighted by Gasteiger charge is 2.32. The highest BCUT2D eigenvalue weighted by atomic mass is 32.1. The minimum atomic E-state index is -4.46. The van der Waals surface area contributed by atoms with Gasteiger partial charge in [-0.1, -0.05) is 6.07 Å². The second-order valence-corrected chi connectivity index (χ2v) is 7.38. The van der Waals surface area contributed by atoms with Crippen molar-refractivity contribution in [1.82, 2.24) is 15.1 Å². The smallest absolute Gasteiger partial charge is 0.416 e. The van der Waals surface area contributed by atoms with Crippen molar-refractivity contribution in [2.24, 2.45) is 0 Å². The standard InChI is InChI=1S/C19H16F3N3O3S/c20-19(21,22)14-2-1-3-15(8-14)27-10-16(26)25-6-4-12(9-25)17-23-24-18(28-17)13-5-7-29-11-13/h1-3,5,7-8,11-12H,4,6,9-10H2/t12-/m1/s1. The van der Waals surface area contributed by atoms with Gasteiger partial charge >= 0.3 is 6.18 Å². The van der Waals surface area contributed by atoms with Crippen molar-refractivity contribution in [3.63, 3.8) is 0 Å². The molecule has 0 bridgehead atoms. The van der Waals surface area contributed by atoms with Crippen LogP contribution in [-0.2, 0) is 11.0 Å². The van der Waals surface area contributed by atoms with E-state index in [1.54, 1.807) is 4.90 Å². The number of carbonyl (C=O) groups excluding carboxylic acids is 1. The van der Waals surface area contributed by atoms with Crippen LogP contribution in [0.4, 0.5) is 13.2 Å². The summed E-state index contributed by atoms with van der Waals surface area (Å²) in [6, 6.07) is 6.35. The number of thiophene rings is 1. The first-order valence-electron chi connectivity index (χ1n) is 8.84. The molecular weight excluding hydrogens is 407 g/mol. The molecule has 1 aromatic carbocycles. The summed E-state index contributed by atoms with van der Waals surface area (Å²) in [5.41, 5.74) is 0.0377. The van der Waals surface area contributed by atoms with Crippen LogP contribution in [0.25, 0.3) is 11.5 Å². The SMILES string of the molecule is O=C(COc1cccc(C(F)(F)F)c1)N1CC[C@@H](c2nnc(-c3ccsc3)o2)C1. The first-order chi connectivity index (χ1) is 13.9. The number of halogens is 3. The Morgan fingerprint density at radius 2 is 2.17 bits per heavy atom. The second-order valence-electron chi connectivity index (χ2n) is 6.60. The van der Waals surface area contributed by atoms with Gasteiger partial charge in [0.05, 0.1) is 11.5 Å². The molecule has 0 saturated carbocycles. The van der Waals surface area contributed by atoms with Gasteiger partial charge in [-0.05, 0) is 36.1 Å². The van der Waals surface area contributed by atoms with E-state index >= 15 is 0 Å². The van der Waals surface area contributed by atoms with Crippen LogP contribution < -0.4 is 4.74 Å². The van der Waals surface area contributed by atoms with E-state index in [-0.39, 0.29) is 24.2 Å². The van der Waals surface area contributed by atoms with Gasteiger partial charge in [0.15, 0.2) is 6.61 Å². The number of ether oxygens (including phenoxy) is 1. The molecule has 0 unspecified atom stereocenters. The van der Waals surface area contributed by atoms with E-state index in [1.807, 2.05) is 16.8 Å². The first kappa shape index (κ1) is 19.4. The monoisotopic (exact) mass is 423 g/mol. The highest BCUT2D eigenvalue weighted by Crippen LogP contribution is 2.32. The summed E-state index contributed by atoms with van der Waals surface area (Å²) in [5.74, 6) is 0.537. The van der Waals surface area contributed by atoms with E-state index in [1.165, 1.54) is 23.5 Å². The Morgan fingerprint density at radius 1 is 1.31 bits per heavy atom. The fraction of sp³-hybridized carbons (Fsp3) is 0.316. The lowest BCUT2D eigenvalue weighted by molar-refractivity contribution is -0.137. The maximum atomic E-state index is 12.8. The molecule has 0 aliphatic carbocycles. The number of benzene rings is 1. The van der Waals surface area contributed by atoms with Crippen molar-refractivity contribution >= 4 is 17.2 Å². The summed E-state index contributed by atoms with van der Waals surface area (Å²) in [4.78, 5) is 14.0. The average Bonchev–Trinajstić information content (AvgIpc) is 3.46. The van der Waals surface area contributed by atoms with Crippen LogP contribution in [0.15, 0.2) is 45.5 Å². The number of alkyl halides is 3. The Balaban J connectivity index is 1.33. The fourth-order valence-electron chi connectivity index (χ4n) is 3.09. The van der Waals surface area contributed by atoms with Gasteiger partial charge in [0, 0.05) is 24.0 Å². The van der Waals surface area contributed by atoms with Gasteiger partial charge in [0.25, 0.3) is 5.91 Å². The molecule has 6 nitrogen and oxygen atoms in total. The minimum absolute atomic E-state index is 0.00114. The third-order valence-corrected chi connectivity index (χ3v) is 5.31. The number of rotatable bonds is 5. The molecule has 3 heterocycles. The van der Waals surface area contributed by atoms with Gasteiger partial charge in [-0.25, -0.2) is 0 Å². The molecule has 1 fully saturated rings. The summed E-state index contributed by atoms with van der Waals surface area (Å²) in [6.07, 6.45) is -3.79. The molecule has 2 aromatic heterocycles. The topological polar surface area (TPSA) is 68.5 Å². The lowest BCUT2D eigenvalue weighted by Gasteiger charge is -2.16. The Labute approximate surface area is 167 Å². The lowest BCUT2D eigenvalue weighted by atomic mass is 10.1. The zero-order valence-electron chi connectivity index (χ0n) is 15.1. The number of hydrogen-bond donors (Lipinski definition) is 0. The van der Waals surface area contributed by atoms with E-state index in [0.717, 1.165) is 17.7 Å². The minimum Gasteiger partial charge on any atom is -0.484 e. The van der Waals surface area contributed by atoms with Crippen molar-refractivity contribution in [3.8, 4) is 17.2 Å². The van der Waals surface area contributed by atoms with E-state index in [2.05, 4.69) is 10.2 Å². The zero-order chi connectivity index (χ0) is 20.4. The van der Waals surface area contributed by atoms with Gasteiger partial charge in [-0.15, -0.1) is 10.2 Å². The van der Waals surface area contributed by atoms with Gasteiger partial charge in [-0.3, -0.25) is 4.79 Å². The molecule has 4 rings (SSSR count). The third-order valence-electron chi connectivity index (χ3n) is 4.62. The van der Waals surface area contributed by atoms with Crippen molar-refractivity contribution in [1.29, 1.82) is 0 Å². The predicted molar refractivity (Wildman–Crippen MR) is 98.5 cm³/mol. The Kier molecular flexibility index (Phi) is 5.27. The molecule has 1 amide bonds. The molecule has 152 valence electrons. The van der Waals surface area contributed by atoms with Crippen LogP contribution in [0.5, 0.6) is 5.75 Å². The maximum Gasteiger partial charge on any atom is 0.416 e. The van der Waals surface area contributed by atoms with Crippen LogP contribution in [0.1, 0.15) is 23.8 Å². The van der Waals surface area contributed by atoms with Crippen molar-refractivity contribution in [2.75, 3.05) is 19.7 Å². The average molecular weight is 423 g/mol. The zero-order valence-corrected chi connectivity index (χ0v) is 15.9. The number of amides is 1. The molecule has 1 aliphatic rings. The van der Waals surface area contributed by atoms with Crippen LogP contribution in [0, 0.1) is 0 Å². The van der Waals surface area contributed by atoms with Gasteiger partial charge in [0.1, 0.15) is 5.75 Å². The predicted octanol–water partition coefficient (Wildman–Crippen LogP) is 4.21. The van der Waals surface area contributed by atoms with Crippen molar-refractivity contribution in [3.05, 3.63) is 52.5 Å². The largest absolute Gasteiger partial charge is 0.484 e. The third kappa shape index (κ3) is 4.42. The molecule has 0 spiro atoms. The van der Waals surface area contributed by atoms with Crippen molar-refractivity contribution in [2.45, 2.75) is 18.5 Å². The second kappa shape index (κ2) is 7.86. The Hall–Kier alpha value is -2.88. The molecule has 3 aromatic rings. The fourth-order valence-corrected chi connectivity index (χ4v) is 3.72. The maximum absolute atomic E-state index is 12.8. The van der Waals surface area contributed by atoms with Gasteiger partial charge in [0.2, 0.25) is 11.8 Å². The Bertz CT molecular complexity index is 988. The summed E-state index contributed by atoms with van der Waals surface area (Å²) in [7, 11) is 0. The number of nitrogens with zero attached hydrogens (tertiary/aromatic N) is 3. The molecule has 1 saturated heterocycles. The van der Waals surface area contributed by atoms with Crippen LogP contribution in [0.2, 0.25) is 0 Å². The van der Waals surface area contributed by atoms with E-state index in [9.17, 15) is 18.0 Å². The Morgan fingerprint density at radius 3 is 2.93 bits per heavy atom. The molecule has 29 heavy (non-hydrogen) atoms.